The average molecular weight is 438 g/mol. The van der Waals surface area contributed by atoms with Crippen LogP contribution in [-0.4, -0.2) is 43.5 Å². The van der Waals surface area contributed by atoms with Gasteiger partial charge in [0.2, 0.25) is 5.82 Å². The summed E-state index contributed by atoms with van der Waals surface area (Å²) < 4.78 is 1.11. The van der Waals surface area contributed by atoms with Crippen LogP contribution >= 0.6 is 15.9 Å². The van der Waals surface area contributed by atoms with Gasteiger partial charge in [0.25, 0.3) is 5.91 Å². The lowest BCUT2D eigenvalue weighted by atomic mass is 10.1. The predicted octanol–water partition coefficient (Wildman–Crippen LogP) is 2.27. The molecule has 2 N–H and O–H groups in total. The molecule has 2 aromatic rings. The van der Waals surface area contributed by atoms with Gasteiger partial charge in [-0.3, -0.25) is 15.0 Å². The summed E-state index contributed by atoms with van der Waals surface area (Å²) in [5.74, 6) is 0.926. The largest absolute Gasteiger partial charge is 0.369 e. The maximum Gasteiger partial charge on any atom is 0.265 e. The van der Waals surface area contributed by atoms with Crippen LogP contribution < -0.4 is 15.1 Å². The predicted molar refractivity (Wildman–Crippen MR) is 113 cm³/mol. The lowest BCUT2D eigenvalue weighted by molar-refractivity contribution is -0.732. The van der Waals surface area contributed by atoms with Crippen LogP contribution in [0.15, 0.2) is 76.7 Å². The number of rotatable bonds is 3. The van der Waals surface area contributed by atoms with Crippen molar-refractivity contribution in [2.24, 2.45) is 0 Å². The Labute approximate surface area is 173 Å². The van der Waals surface area contributed by atoms with E-state index >= 15 is 0 Å². The first-order chi connectivity index (χ1) is 13.7. The Kier molecular flexibility index (Phi) is 4.55. The van der Waals surface area contributed by atoms with Gasteiger partial charge in [0.15, 0.2) is 5.69 Å². The second kappa shape index (κ2) is 7.20. The van der Waals surface area contributed by atoms with Crippen LogP contribution in [-0.2, 0) is 0 Å². The third kappa shape index (κ3) is 3.28. The van der Waals surface area contributed by atoms with E-state index in [1.54, 1.807) is 0 Å². The molecule has 1 saturated heterocycles. The van der Waals surface area contributed by atoms with Crippen molar-refractivity contribution >= 4 is 33.2 Å². The number of benzene rings is 2. The highest BCUT2D eigenvalue weighted by atomic mass is 79.9. The van der Waals surface area contributed by atoms with Gasteiger partial charge in [0.1, 0.15) is 11.8 Å². The summed E-state index contributed by atoms with van der Waals surface area (Å²) in [7, 11) is 0. The van der Waals surface area contributed by atoms with E-state index in [1.165, 1.54) is 11.3 Å². The van der Waals surface area contributed by atoms with E-state index in [0.717, 1.165) is 59.2 Å². The summed E-state index contributed by atoms with van der Waals surface area (Å²) in [6.45, 7) is 5.05. The van der Waals surface area contributed by atoms with Crippen molar-refractivity contribution in [2.75, 3.05) is 37.6 Å². The minimum atomic E-state index is -0.0108. The highest BCUT2D eigenvalue weighted by Crippen LogP contribution is 2.22. The molecule has 1 fully saturated rings. The first kappa shape index (κ1) is 17.7. The number of amides is 1. The first-order valence-corrected chi connectivity index (χ1v) is 10.4. The molecule has 6 heteroatoms. The van der Waals surface area contributed by atoms with Gasteiger partial charge >= 0.3 is 0 Å². The van der Waals surface area contributed by atoms with Crippen molar-refractivity contribution < 1.29 is 9.69 Å². The molecule has 5 nitrogen and oxygen atoms in total. The van der Waals surface area contributed by atoms with Crippen molar-refractivity contribution in [3.8, 4) is 0 Å². The van der Waals surface area contributed by atoms with Crippen LogP contribution in [0.3, 0.4) is 0 Å². The summed E-state index contributed by atoms with van der Waals surface area (Å²) in [6, 6.07) is 16.4. The molecule has 3 aliphatic heterocycles. The zero-order valence-corrected chi connectivity index (χ0v) is 17.1. The van der Waals surface area contributed by atoms with Crippen LogP contribution in [0.4, 0.5) is 11.4 Å². The highest BCUT2D eigenvalue weighted by molar-refractivity contribution is 9.10. The fourth-order valence-corrected chi connectivity index (χ4v) is 4.43. The fraction of sp³-hybridized carbons (Fsp3) is 0.227. The maximum absolute atomic E-state index is 12.3. The molecule has 0 spiro atoms. The second-order valence-corrected chi connectivity index (χ2v) is 8.35. The SMILES string of the molecule is O=C1NC2=CC(CN3CCN(c4ccc(Br)cc4)CC3)=C[NH+]2c2ccccc21. The van der Waals surface area contributed by atoms with Gasteiger partial charge in [0, 0.05) is 60.6 Å². The van der Waals surface area contributed by atoms with Crippen molar-refractivity contribution in [3.63, 3.8) is 0 Å². The number of para-hydroxylation sites is 1. The van der Waals surface area contributed by atoms with Gasteiger partial charge in [0.05, 0.1) is 0 Å². The van der Waals surface area contributed by atoms with Gasteiger partial charge in [-0.15, -0.1) is 0 Å². The normalized spacial score (nSPS) is 21.5. The summed E-state index contributed by atoms with van der Waals surface area (Å²) in [5, 5.41) is 3.04. The lowest BCUT2D eigenvalue weighted by Crippen LogP contribution is -3.03. The quantitative estimate of drug-likeness (QED) is 0.773. The summed E-state index contributed by atoms with van der Waals surface area (Å²) >= 11 is 3.50. The van der Waals surface area contributed by atoms with E-state index in [2.05, 4.69) is 67.6 Å². The average Bonchev–Trinajstić information content (AvgIpc) is 3.12. The van der Waals surface area contributed by atoms with Gasteiger partial charge in [-0.05, 0) is 30.3 Å². The van der Waals surface area contributed by atoms with Crippen molar-refractivity contribution in [2.45, 2.75) is 0 Å². The molecule has 1 amide bonds. The molecule has 2 aromatic carbocycles. The number of halogens is 1. The Balaban J connectivity index is 1.25. The van der Waals surface area contributed by atoms with E-state index < -0.39 is 0 Å². The zero-order chi connectivity index (χ0) is 19.1. The Morgan fingerprint density at radius 2 is 1.75 bits per heavy atom. The third-order valence-electron chi connectivity index (χ3n) is 5.63. The van der Waals surface area contributed by atoms with E-state index in [-0.39, 0.29) is 5.91 Å². The number of quaternary nitrogens is 1. The van der Waals surface area contributed by atoms with Gasteiger partial charge in [-0.2, -0.15) is 0 Å². The molecular formula is C22H22BrN4O+. The number of hydrogen-bond acceptors (Lipinski definition) is 3. The zero-order valence-electron chi connectivity index (χ0n) is 15.5. The maximum atomic E-state index is 12.3. The molecule has 1 unspecified atom stereocenters. The Hall–Kier alpha value is -2.41. The van der Waals surface area contributed by atoms with Crippen LogP contribution in [0.2, 0.25) is 0 Å². The van der Waals surface area contributed by atoms with E-state index in [9.17, 15) is 4.79 Å². The minimum Gasteiger partial charge on any atom is -0.369 e. The van der Waals surface area contributed by atoms with Gasteiger partial charge < -0.3 is 4.90 Å². The molecule has 0 radical (unpaired) electrons. The molecular weight excluding hydrogens is 416 g/mol. The summed E-state index contributed by atoms with van der Waals surface area (Å²) in [5.41, 5.74) is 4.34. The smallest absolute Gasteiger partial charge is 0.265 e. The second-order valence-electron chi connectivity index (χ2n) is 7.43. The third-order valence-corrected chi connectivity index (χ3v) is 6.16. The standard InChI is InChI=1S/C22H21BrN4O/c23-17-5-7-18(8-6-17)26-11-9-25(10-12-26)14-16-13-21-24-22(28)19-3-1-2-4-20(19)27(21)15-16/h1-8,13,15H,9-12,14H2,(H,24,28)/p+1. The topological polar surface area (TPSA) is 40.0 Å². The van der Waals surface area contributed by atoms with E-state index in [1.807, 2.05) is 24.3 Å². The number of fused-ring (bicyclic) bond motifs is 3. The van der Waals surface area contributed by atoms with E-state index in [4.69, 9.17) is 0 Å². The molecule has 0 aromatic heterocycles. The number of nitrogens with one attached hydrogen (secondary N) is 2. The summed E-state index contributed by atoms with van der Waals surface area (Å²) in [4.78, 5) is 18.4. The fourth-order valence-electron chi connectivity index (χ4n) is 4.17. The molecule has 5 rings (SSSR count). The Morgan fingerprint density at radius 1 is 1.00 bits per heavy atom. The van der Waals surface area contributed by atoms with Crippen LogP contribution in [0.5, 0.6) is 0 Å². The highest BCUT2D eigenvalue weighted by Gasteiger charge is 2.34. The number of carbonyl (C=O) groups is 1. The van der Waals surface area contributed by atoms with Gasteiger partial charge in [-0.25, -0.2) is 4.90 Å². The van der Waals surface area contributed by atoms with Crippen LogP contribution in [0, 0.1) is 0 Å². The molecule has 3 aliphatic rings. The Morgan fingerprint density at radius 3 is 2.54 bits per heavy atom. The van der Waals surface area contributed by atoms with Crippen LogP contribution in [0.25, 0.3) is 0 Å². The van der Waals surface area contributed by atoms with Crippen molar-refractivity contribution in [1.82, 2.24) is 10.2 Å². The Bertz CT molecular complexity index is 974. The number of carbonyl (C=O) groups excluding carboxylic acids is 1. The van der Waals surface area contributed by atoms with E-state index in [0.29, 0.717) is 0 Å². The molecule has 0 bridgehead atoms. The minimum absolute atomic E-state index is 0.0108. The molecule has 0 saturated carbocycles. The molecule has 3 heterocycles. The van der Waals surface area contributed by atoms with Gasteiger partial charge in [-0.1, -0.05) is 28.1 Å². The monoisotopic (exact) mass is 437 g/mol. The number of anilines is 1. The molecule has 1 atom stereocenters. The summed E-state index contributed by atoms with van der Waals surface area (Å²) in [6.07, 6.45) is 4.36. The first-order valence-electron chi connectivity index (χ1n) is 9.60. The molecule has 28 heavy (non-hydrogen) atoms. The number of piperazine rings is 1. The van der Waals surface area contributed by atoms with Crippen molar-refractivity contribution in [1.29, 1.82) is 0 Å². The number of hydrogen-bond donors (Lipinski definition) is 2. The van der Waals surface area contributed by atoms with Crippen molar-refractivity contribution in [3.05, 3.63) is 82.2 Å². The lowest BCUT2D eigenvalue weighted by Gasteiger charge is -2.36. The molecule has 142 valence electrons. The van der Waals surface area contributed by atoms with Crippen LogP contribution in [0.1, 0.15) is 10.4 Å². The molecule has 0 aliphatic carbocycles. The number of nitrogens with zero attached hydrogens (tertiary/aromatic N) is 2.